The van der Waals surface area contributed by atoms with E-state index >= 15 is 0 Å². The lowest BCUT2D eigenvalue weighted by atomic mass is 9.93. The standard InChI is InChI=1S/C12H15N/c1-9-11-7-13-8-12(9,11)10-5-3-2-4-6-10/h2-6,9,11,13H,7-8H2,1H3. The molecule has 1 nitrogen and oxygen atoms in total. The molecule has 3 unspecified atom stereocenters. The Morgan fingerprint density at radius 1 is 1.31 bits per heavy atom. The molecule has 1 aliphatic carbocycles. The number of rotatable bonds is 1. The Hall–Kier alpha value is -0.820. The molecule has 0 radical (unpaired) electrons. The predicted octanol–water partition coefficient (Wildman–Crippen LogP) is 1.79. The fourth-order valence-corrected chi connectivity index (χ4v) is 3.14. The summed E-state index contributed by atoms with van der Waals surface area (Å²) >= 11 is 0. The molecule has 1 heterocycles. The van der Waals surface area contributed by atoms with Crippen LogP contribution in [0.5, 0.6) is 0 Å². The summed E-state index contributed by atoms with van der Waals surface area (Å²) in [6, 6.07) is 11.0. The van der Waals surface area contributed by atoms with Crippen molar-refractivity contribution in [2.75, 3.05) is 13.1 Å². The minimum atomic E-state index is 0.501. The second-order valence-electron chi connectivity index (χ2n) is 4.43. The molecule has 3 rings (SSSR count). The second-order valence-corrected chi connectivity index (χ2v) is 4.43. The third-order valence-corrected chi connectivity index (χ3v) is 4.06. The Morgan fingerprint density at radius 2 is 2.08 bits per heavy atom. The molecule has 0 bridgehead atoms. The minimum absolute atomic E-state index is 0.501. The third-order valence-electron chi connectivity index (χ3n) is 4.06. The van der Waals surface area contributed by atoms with Crippen LogP contribution < -0.4 is 5.32 Å². The maximum absolute atomic E-state index is 3.49. The summed E-state index contributed by atoms with van der Waals surface area (Å²) in [7, 11) is 0. The van der Waals surface area contributed by atoms with E-state index in [4.69, 9.17) is 0 Å². The molecule has 1 saturated heterocycles. The van der Waals surface area contributed by atoms with Gasteiger partial charge in [-0.25, -0.2) is 0 Å². The molecule has 0 aromatic heterocycles. The molecule has 68 valence electrons. The van der Waals surface area contributed by atoms with E-state index in [2.05, 4.69) is 42.6 Å². The van der Waals surface area contributed by atoms with E-state index in [9.17, 15) is 0 Å². The first-order valence-electron chi connectivity index (χ1n) is 5.12. The Bertz CT molecular complexity index is 319. The zero-order chi connectivity index (χ0) is 8.89. The fourth-order valence-electron chi connectivity index (χ4n) is 3.14. The molecule has 1 aromatic rings. The zero-order valence-corrected chi connectivity index (χ0v) is 7.96. The van der Waals surface area contributed by atoms with Crippen LogP contribution in [0.1, 0.15) is 12.5 Å². The van der Waals surface area contributed by atoms with Crippen LogP contribution in [-0.2, 0) is 5.41 Å². The summed E-state index contributed by atoms with van der Waals surface area (Å²) in [5.41, 5.74) is 2.04. The number of nitrogens with one attached hydrogen (secondary N) is 1. The van der Waals surface area contributed by atoms with Gasteiger partial charge in [-0.1, -0.05) is 37.3 Å². The quantitative estimate of drug-likeness (QED) is 0.682. The van der Waals surface area contributed by atoms with Gasteiger partial charge in [0, 0.05) is 12.0 Å². The monoisotopic (exact) mass is 173 g/mol. The topological polar surface area (TPSA) is 12.0 Å². The lowest BCUT2D eigenvalue weighted by Gasteiger charge is -2.13. The van der Waals surface area contributed by atoms with Gasteiger partial charge < -0.3 is 5.32 Å². The smallest absolute Gasteiger partial charge is 0.0150 e. The van der Waals surface area contributed by atoms with Gasteiger partial charge >= 0.3 is 0 Å². The Morgan fingerprint density at radius 3 is 2.69 bits per heavy atom. The van der Waals surface area contributed by atoms with Gasteiger partial charge in [-0.2, -0.15) is 0 Å². The van der Waals surface area contributed by atoms with E-state index in [1.54, 1.807) is 0 Å². The van der Waals surface area contributed by atoms with Gasteiger partial charge in [0.05, 0.1) is 0 Å². The SMILES string of the molecule is CC1C2CNCC12c1ccccc1. The number of fused-ring (bicyclic) bond motifs is 1. The van der Waals surface area contributed by atoms with Crippen LogP contribution >= 0.6 is 0 Å². The number of benzene rings is 1. The average Bonchev–Trinajstić information content (AvgIpc) is 2.63. The van der Waals surface area contributed by atoms with Crippen LogP contribution in [0, 0.1) is 11.8 Å². The van der Waals surface area contributed by atoms with Gasteiger partial charge in [0.1, 0.15) is 0 Å². The minimum Gasteiger partial charge on any atom is -0.316 e. The fraction of sp³-hybridized carbons (Fsp3) is 0.500. The van der Waals surface area contributed by atoms with Gasteiger partial charge in [0.15, 0.2) is 0 Å². The Labute approximate surface area is 79.2 Å². The molecule has 1 N–H and O–H groups in total. The lowest BCUT2D eigenvalue weighted by molar-refractivity contribution is 0.591. The van der Waals surface area contributed by atoms with E-state index in [1.165, 1.54) is 18.7 Å². The summed E-state index contributed by atoms with van der Waals surface area (Å²) in [5, 5.41) is 3.49. The van der Waals surface area contributed by atoms with Crippen LogP contribution in [-0.4, -0.2) is 13.1 Å². The molecule has 2 fully saturated rings. The van der Waals surface area contributed by atoms with Crippen LogP contribution in [0.3, 0.4) is 0 Å². The van der Waals surface area contributed by atoms with Crippen LogP contribution in [0.4, 0.5) is 0 Å². The predicted molar refractivity (Wildman–Crippen MR) is 53.6 cm³/mol. The molecular formula is C12H15N. The van der Waals surface area contributed by atoms with Gasteiger partial charge in [-0.3, -0.25) is 0 Å². The summed E-state index contributed by atoms with van der Waals surface area (Å²) in [4.78, 5) is 0. The zero-order valence-electron chi connectivity index (χ0n) is 7.96. The molecule has 2 aliphatic rings. The summed E-state index contributed by atoms with van der Waals surface area (Å²) < 4.78 is 0. The van der Waals surface area contributed by atoms with E-state index < -0.39 is 0 Å². The first kappa shape index (κ1) is 7.57. The van der Waals surface area contributed by atoms with Gasteiger partial charge in [0.25, 0.3) is 0 Å². The highest BCUT2D eigenvalue weighted by Gasteiger charge is 2.64. The Kier molecular flexibility index (Phi) is 1.37. The maximum Gasteiger partial charge on any atom is 0.0150 e. The largest absolute Gasteiger partial charge is 0.316 e. The number of piperidine rings is 1. The van der Waals surface area contributed by atoms with Crippen LogP contribution in [0.2, 0.25) is 0 Å². The van der Waals surface area contributed by atoms with Crippen molar-refractivity contribution >= 4 is 0 Å². The van der Waals surface area contributed by atoms with Gasteiger partial charge in [-0.05, 0) is 23.9 Å². The number of hydrogen-bond acceptors (Lipinski definition) is 1. The molecule has 1 saturated carbocycles. The maximum atomic E-state index is 3.49. The molecule has 1 aliphatic heterocycles. The molecule has 1 aromatic carbocycles. The average molecular weight is 173 g/mol. The van der Waals surface area contributed by atoms with Gasteiger partial charge in [-0.15, -0.1) is 0 Å². The van der Waals surface area contributed by atoms with E-state index in [0.29, 0.717) is 5.41 Å². The van der Waals surface area contributed by atoms with Crippen molar-refractivity contribution in [2.24, 2.45) is 11.8 Å². The first-order chi connectivity index (χ1) is 6.36. The molecular weight excluding hydrogens is 158 g/mol. The van der Waals surface area contributed by atoms with E-state index in [1.807, 2.05) is 0 Å². The van der Waals surface area contributed by atoms with Crippen molar-refractivity contribution in [3.8, 4) is 0 Å². The molecule has 0 amide bonds. The normalized spacial score (nSPS) is 41.6. The second kappa shape index (κ2) is 2.36. The van der Waals surface area contributed by atoms with E-state index in [-0.39, 0.29) is 0 Å². The highest BCUT2D eigenvalue weighted by atomic mass is 15.0. The van der Waals surface area contributed by atoms with Crippen molar-refractivity contribution in [3.63, 3.8) is 0 Å². The lowest BCUT2D eigenvalue weighted by Crippen LogP contribution is -2.22. The van der Waals surface area contributed by atoms with Crippen molar-refractivity contribution < 1.29 is 0 Å². The molecule has 13 heavy (non-hydrogen) atoms. The van der Waals surface area contributed by atoms with Gasteiger partial charge in [0.2, 0.25) is 0 Å². The number of hydrogen-bond donors (Lipinski definition) is 1. The van der Waals surface area contributed by atoms with Crippen LogP contribution in [0.15, 0.2) is 30.3 Å². The Balaban J connectivity index is 2.02. The summed E-state index contributed by atoms with van der Waals surface area (Å²) in [6.45, 7) is 4.79. The van der Waals surface area contributed by atoms with Crippen LogP contribution in [0.25, 0.3) is 0 Å². The van der Waals surface area contributed by atoms with Crippen molar-refractivity contribution in [1.29, 1.82) is 0 Å². The summed E-state index contributed by atoms with van der Waals surface area (Å²) in [5.74, 6) is 1.78. The molecule has 0 spiro atoms. The van der Waals surface area contributed by atoms with Crippen molar-refractivity contribution in [3.05, 3.63) is 35.9 Å². The highest BCUT2D eigenvalue weighted by molar-refractivity contribution is 5.39. The third kappa shape index (κ3) is 0.806. The van der Waals surface area contributed by atoms with Crippen molar-refractivity contribution in [2.45, 2.75) is 12.3 Å². The molecule has 3 atom stereocenters. The first-order valence-corrected chi connectivity index (χ1v) is 5.12. The highest BCUT2D eigenvalue weighted by Crippen LogP contribution is 2.61. The summed E-state index contributed by atoms with van der Waals surface area (Å²) in [6.07, 6.45) is 0. The van der Waals surface area contributed by atoms with Crippen molar-refractivity contribution in [1.82, 2.24) is 5.32 Å². The van der Waals surface area contributed by atoms with E-state index in [0.717, 1.165) is 11.8 Å². The molecule has 1 heteroatoms.